The van der Waals surface area contributed by atoms with Crippen molar-refractivity contribution in [2.24, 2.45) is 0 Å². The van der Waals surface area contributed by atoms with Crippen molar-refractivity contribution in [1.82, 2.24) is 19.9 Å². The molecule has 0 fully saturated rings. The quantitative estimate of drug-likeness (QED) is 0.144. The molecule has 4 nitrogen and oxygen atoms in total. The zero-order chi connectivity index (χ0) is 42.1. The Morgan fingerprint density at radius 1 is 0.286 bits per heavy atom. The fourth-order valence-electron chi connectivity index (χ4n) is 8.60. The van der Waals surface area contributed by atoms with Crippen LogP contribution in [0.2, 0.25) is 0 Å². The molecule has 296 valence electrons. The predicted octanol–water partition coefficient (Wildman–Crippen LogP) is 15.2. The van der Waals surface area contributed by atoms with E-state index in [2.05, 4.69) is 201 Å². The number of hydrogen-bond acceptors (Lipinski definition) is 4. The van der Waals surface area contributed by atoms with Crippen LogP contribution >= 0.6 is 0 Å². The molecule has 0 atom stereocenters. The van der Waals surface area contributed by atoms with E-state index in [1.54, 1.807) is 0 Å². The lowest BCUT2D eigenvalue weighted by molar-refractivity contribution is 1.15. The van der Waals surface area contributed by atoms with E-state index in [9.17, 15) is 0 Å². The molecule has 0 aliphatic rings. The molecule has 0 radical (unpaired) electrons. The summed E-state index contributed by atoms with van der Waals surface area (Å²) >= 11 is 0. The average molecular weight is 805 g/mol. The van der Waals surface area contributed by atoms with Crippen molar-refractivity contribution in [2.75, 3.05) is 0 Å². The van der Waals surface area contributed by atoms with E-state index in [1.165, 1.54) is 0 Å². The largest absolute Gasteiger partial charge is 0.245 e. The highest BCUT2D eigenvalue weighted by molar-refractivity contribution is 6.09. The van der Waals surface area contributed by atoms with Crippen LogP contribution in [0.3, 0.4) is 0 Å². The average Bonchev–Trinajstić information content (AvgIpc) is 3.37. The van der Waals surface area contributed by atoms with E-state index in [0.717, 1.165) is 111 Å². The van der Waals surface area contributed by atoms with Crippen LogP contribution < -0.4 is 0 Å². The van der Waals surface area contributed by atoms with Gasteiger partial charge >= 0.3 is 0 Å². The predicted molar refractivity (Wildman–Crippen MR) is 261 cm³/mol. The summed E-state index contributed by atoms with van der Waals surface area (Å²) in [5.41, 5.74) is 18.6. The van der Waals surface area contributed by atoms with Crippen molar-refractivity contribution in [3.05, 3.63) is 230 Å². The van der Waals surface area contributed by atoms with Gasteiger partial charge in [0.1, 0.15) is 0 Å². The molecule has 3 aromatic heterocycles. The molecule has 8 aromatic carbocycles. The second-order valence-electron chi connectivity index (χ2n) is 15.9. The minimum absolute atomic E-state index is 0.712. The van der Waals surface area contributed by atoms with Gasteiger partial charge in [-0.05, 0) is 64.6 Å². The fraction of sp³-hybridized carbons (Fsp3) is 0.0169. The maximum Gasteiger partial charge on any atom is 0.160 e. The highest BCUT2D eigenvalue weighted by Crippen LogP contribution is 2.38. The van der Waals surface area contributed by atoms with E-state index in [1.807, 2.05) is 30.3 Å². The summed E-state index contributed by atoms with van der Waals surface area (Å²) in [6, 6.07) is 78.6. The van der Waals surface area contributed by atoms with E-state index in [0.29, 0.717) is 5.82 Å². The number of fused-ring (bicyclic) bond motifs is 3. The molecule has 63 heavy (non-hydrogen) atoms. The van der Waals surface area contributed by atoms with Gasteiger partial charge in [0.2, 0.25) is 0 Å². The molecule has 0 aliphatic heterocycles. The Bertz CT molecular complexity index is 3420. The normalized spacial score (nSPS) is 11.3. The van der Waals surface area contributed by atoms with Gasteiger partial charge in [-0.2, -0.15) is 0 Å². The van der Waals surface area contributed by atoms with E-state index < -0.39 is 0 Å². The van der Waals surface area contributed by atoms with Gasteiger partial charge in [0, 0.05) is 44.2 Å². The highest BCUT2D eigenvalue weighted by atomic mass is 14.9. The molecular formula is C59H40N4. The molecule has 0 aliphatic carbocycles. The van der Waals surface area contributed by atoms with Crippen LogP contribution in [0.15, 0.2) is 224 Å². The summed E-state index contributed by atoms with van der Waals surface area (Å²) in [5, 5.41) is 2.14. The fourth-order valence-corrected chi connectivity index (χ4v) is 8.60. The van der Waals surface area contributed by atoms with Crippen molar-refractivity contribution in [3.63, 3.8) is 0 Å². The van der Waals surface area contributed by atoms with Gasteiger partial charge < -0.3 is 0 Å². The first-order chi connectivity index (χ1) is 31.1. The first-order valence-corrected chi connectivity index (χ1v) is 21.3. The maximum absolute atomic E-state index is 5.40. The molecule has 0 spiro atoms. The molecule has 3 heterocycles. The monoisotopic (exact) mass is 804 g/mol. The molecule has 11 aromatic rings. The van der Waals surface area contributed by atoms with Crippen LogP contribution in [0, 0.1) is 6.92 Å². The van der Waals surface area contributed by atoms with Crippen LogP contribution in [0.5, 0.6) is 0 Å². The molecule has 0 N–H and O–H groups in total. The van der Waals surface area contributed by atoms with E-state index >= 15 is 0 Å². The van der Waals surface area contributed by atoms with Gasteiger partial charge in [-0.1, -0.05) is 200 Å². The topological polar surface area (TPSA) is 51.6 Å². The Balaban J connectivity index is 0.959. The first-order valence-electron chi connectivity index (χ1n) is 21.3. The first kappa shape index (κ1) is 37.6. The van der Waals surface area contributed by atoms with Gasteiger partial charge in [0.15, 0.2) is 5.82 Å². The lowest BCUT2D eigenvalue weighted by Crippen LogP contribution is -2.00. The minimum Gasteiger partial charge on any atom is -0.245 e. The molecule has 0 saturated carbocycles. The van der Waals surface area contributed by atoms with Crippen molar-refractivity contribution >= 4 is 21.8 Å². The lowest BCUT2D eigenvalue weighted by Gasteiger charge is -2.14. The summed E-state index contributed by atoms with van der Waals surface area (Å²) in [4.78, 5) is 20.9. The Morgan fingerprint density at radius 2 is 0.762 bits per heavy atom. The number of nitrogens with zero attached hydrogens (tertiary/aromatic N) is 4. The van der Waals surface area contributed by atoms with Crippen molar-refractivity contribution in [2.45, 2.75) is 6.92 Å². The third-order valence-electron chi connectivity index (χ3n) is 11.9. The van der Waals surface area contributed by atoms with Crippen LogP contribution in [0.4, 0.5) is 0 Å². The highest BCUT2D eigenvalue weighted by Gasteiger charge is 2.17. The molecule has 0 saturated heterocycles. The van der Waals surface area contributed by atoms with Gasteiger partial charge in [-0.3, -0.25) is 0 Å². The lowest BCUT2D eigenvalue weighted by atomic mass is 9.94. The molecule has 0 unspecified atom stereocenters. The van der Waals surface area contributed by atoms with Gasteiger partial charge in [0.05, 0.1) is 33.8 Å². The summed E-state index contributed by atoms with van der Waals surface area (Å²) < 4.78 is 0. The molecule has 0 bridgehead atoms. The SMILES string of the molecule is Cc1c(-c2ccccc2)nc(-c2ccccc2)nc1-c1cccc(-c2ccc(-c3cccc(-c4cc(-c5ccccc5)c5ccc6ccc(-c7ccccc7)nc6c5n4)c3)cc2)c1. The Hall–Kier alpha value is -8.34. The Morgan fingerprint density at radius 3 is 1.40 bits per heavy atom. The number of hydrogen-bond donors (Lipinski definition) is 0. The number of aromatic nitrogens is 4. The van der Waals surface area contributed by atoms with Crippen LogP contribution in [0.25, 0.3) is 112 Å². The van der Waals surface area contributed by atoms with Crippen LogP contribution in [0.1, 0.15) is 5.56 Å². The summed E-state index contributed by atoms with van der Waals surface area (Å²) in [6.07, 6.45) is 0. The second kappa shape index (κ2) is 16.3. The molecule has 4 heteroatoms. The number of benzene rings is 8. The van der Waals surface area contributed by atoms with Crippen molar-refractivity contribution in [3.8, 4) is 89.8 Å². The second-order valence-corrected chi connectivity index (χ2v) is 15.9. The zero-order valence-corrected chi connectivity index (χ0v) is 34.7. The maximum atomic E-state index is 5.40. The molecular weight excluding hydrogens is 765 g/mol. The van der Waals surface area contributed by atoms with Crippen molar-refractivity contribution in [1.29, 1.82) is 0 Å². The van der Waals surface area contributed by atoms with Crippen LogP contribution in [-0.4, -0.2) is 19.9 Å². The summed E-state index contributed by atoms with van der Waals surface area (Å²) in [6.45, 7) is 2.12. The molecule has 0 amide bonds. The standard InChI is InChI=1S/C59H40N4/c1-39-55(44-20-10-4-11-21-44)62-59(46-22-12-5-13-23-46)63-56(39)50-27-15-25-48(37-50)41-30-28-40(29-31-41)47-24-14-26-49(36-47)54-38-52(42-16-6-2-7-17-42)51-34-32-45-33-35-53(43-18-8-3-9-19-43)60-57(45)58(51)61-54/h2-38H,1H3. The summed E-state index contributed by atoms with van der Waals surface area (Å²) in [7, 11) is 0. The Kier molecular flexibility index (Phi) is 9.72. The summed E-state index contributed by atoms with van der Waals surface area (Å²) in [5.74, 6) is 0.712. The zero-order valence-electron chi connectivity index (χ0n) is 34.7. The third kappa shape index (κ3) is 7.34. The van der Waals surface area contributed by atoms with Gasteiger partial charge in [0.25, 0.3) is 0 Å². The van der Waals surface area contributed by atoms with E-state index in [4.69, 9.17) is 19.9 Å². The van der Waals surface area contributed by atoms with Crippen LogP contribution in [-0.2, 0) is 0 Å². The van der Waals surface area contributed by atoms with Gasteiger partial charge in [-0.25, -0.2) is 19.9 Å². The van der Waals surface area contributed by atoms with E-state index in [-0.39, 0.29) is 0 Å². The van der Waals surface area contributed by atoms with Gasteiger partial charge in [-0.15, -0.1) is 0 Å². The third-order valence-corrected chi connectivity index (χ3v) is 11.9. The van der Waals surface area contributed by atoms with Crippen molar-refractivity contribution < 1.29 is 0 Å². The molecule has 11 rings (SSSR count). The number of rotatable bonds is 8. The number of pyridine rings is 2. The Labute approximate surface area is 366 Å². The minimum atomic E-state index is 0.712. The smallest absolute Gasteiger partial charge is 0.160 e.